The third-order valence-electron chi connectivity index (χ3n) is 3.08. The second-order valence-corrected chi connectivity index (χ2v) is 5.30. The van der Waals surface area contributed by atoms with Crippen LogP contribution in [0, 0.1) is 0 Å². The van der Waals surface area contributed by atoms with E-state index in [9.17, 15) is 8.76 Å². The molecule has 0 saturated carbocycles. The average molecular weight is 277 g/mol. The van der Waals surface area contributed by atoms with Crippen molar-refractivity contribution in [2.24, 2.45) is 0 Å². The fourth-order valence-electron chi connectivity index (χ4n) is 2.10. The number of hydrogen-bond donors (Lipinski definition) is 1. The van der Waals surface area contributed by atoms with Crippen LogP contribution in [0.5, 0.6) is 0 Å². The number of aromatic amines is 1. The lowest BCUT2D eigenvalue weighted by molar-refractivity contribution is 0.438. The summed E-state index contributed by atoms with van der Waals surface area (Å²) in [5.41, 5.74) is 1.72. The number of nitrogens with zero attached hydrogens (tertiary/aromatic N) is 3. The molecule has 1 aromatic carbocycles. The van der Waals surface area contributed by atoms with E-state index in [1.165, 1.54) is 0 Å². The minimum absolute atomic E-state index is 0.229. The zero-order valence-electron chi connectivity index (χ0n) is 10.4. The highest BCUT2D eigenvalue weighted by atomic mass is 32.2. The molecule has 100 valence electrons. The van der Waals surface area contributed by atoms with Crippen LogP contribution >= 0.6 is 0 Å². The molecule has 0 saturated heterocycles. The lowest BCUT2D eigenvalue weighted by Crippen LogP contribution is -2.38. The standard InChI is InChI=1S/C12H14N4O2S/c1-15-6-7-16(11(8-15)19(17)18)12-13-9-4-2-3-5-10(9)14-12/h2-5,8H,6-7H2,1H3,(H,13,14)(H,17,18)/p-1. The highest BCUT2D eigenvalue weighted by molar-refractivity contribution is 7.83. The highest BCUT2D eigenvalue weighted by Gasteiger charge is 2.21. The number of para-hydroxylation sites is 2. The zero-order chi connectivity index (χ0) is 13.4. The van der Waals surface area contributed by atoms with Crippen molar-refractivity contribution >= 4 is 28.1 Å². The SMILES string of the molecule is CN1C=C(S(=O)[O-])N(c2nc3ccccc3[nH]2)CC1. The van der Waals surface area contributed by atoms with Crippen LogP contribution in [0.2, 0.25) is 0 Å². The number of nitrogens with one attached hydrogen (secondary N) is 1. The number of fused-ring (bicyclic) bond motifs is 1. The average Bonchev–Trinajstić information content (AvgIpc) is 2.82. The van der Waals surface area contributed by atoms with Crippen molar-refractivity contribution in [3.05, 3.63) is 35.5 Å². The highest BCUT2D eigenvalue weighted by Crippen LogP contribution is 2.23. The second kappa shape index (κ2) is 4.67. The molecule has 0 radical (unpaired) electrons. The number of imidazole rings is 1. The number of likely N-dealkylation sites (N-methyl/N-ethyl adjacent to an activating group) is 1. The Labute approximate surface area is 113 Å². The summed E-state index contributed by atoms with van der Waals surface area (Å²) in [6, 6.07) is 7.62. The molecule has 2 aromatic rings. The molecule has 1 atom stereocenters. The van der Waals surface area contributed by atoms with Crippen molar-refractivity contribution in [2.45, 2.75) is 0 Å². The lowest BCUT2D eigenvalue weighted by atomic mass is 10.3. The van der Waals surface area contributed by atoms with Crippen molar-refractivity contribution in [1.29, 1.82) is 0 Å². The van der Waals surface area contributed by atoms with Gasteiger partial charge < -0.3 is 19.3 Å². The van der Waals surface area contributed by atoms with Gasteiger partial charge in [0, 0.05) is 26.3 Å². The van der Waals surface area contributed by atoms with Gasteiger partial charge >= 0.3 is 0 Å². The Balaban J connectivity index is 2.04. The molecule has 3 rings (SSSR count). The molecule has 1 aromatic heterocycles. The molecule has 1 N–H and O–H groups in total. The summed E-state index contributed by atoms with van der Waals surface area (Å²) < 4.78 is 22.6. The maximum Gasteiger partial charge on any atom is 0.208 e. The van der Waals surface area contributed by atoms with Crippen LogP contribution in [0.15, 0.2) is 35.5 Å². The summed E-state index contributed by atoms with van der Waals surface area (Å²) in [4.78, 5) is 11.1. The molecular weight excluding hydrogens is 264 g/mol. The lowest BCUT2D eigenvalue weighted by Gasteiger charge is -2.33. The first-order valence-electron chi connectivity index (χ1n) is 5.89. The third kappa shape index (κ3) is 2.22. The second-order valence-electron chi connectivity index (χ2n) is 4.41. The fourth-order valence-corrected chi connectivity index (χ4v) is 2.72. The number of hydrogen-bond acceptors (Lipinski definition) is 5. The van der Waals surface area contributed by atoms with Gasteiger partial charge in [-0.05, 0) is 23.2 Å². The Kier molecular flexibility index (Phi) is 3.00. The van der Waals surface area contributed by atoms with Gasteiger partial charge in [0.2, 0.25) is 5.95 Å². The molecule has 2 heterocycles. The van der Waals surface area contributed by atoms with Gasteiger partial charge in [-0.2, -0.15) is 0 Å². The van der Waals surface area contributed by atoms with Crippen molar-refractivity contribution < 1.29 is 8.76 Å². The summed E-state index contributed by atoms with van der Waals surface area (Å²) in [6.45, 7) is 1.33. The molecule has 1 aliphatic heterocycles. The summed E-state index contributed by atoms with van der Waals surface area (Å²) in [6.07, 6.45) is 1.61. The molecule has 19 heavy (non-hydrogen) atoms. The van der Waals surface area contributed by atoms with Crippen LogP contribution in [0.3, 0.4) is 0 Å². The molecule has 0 spiro atoms. The van der Waals surface area contributed by atoms with Crippen LogP contribution in [0.25, 0.3) is 11.0 Å². The molecule has 6 nitrogen and oxygen atoms in total. The number of rotatable bonds is 2. The van der Waals surface area contributed by atoms with Gasteiger partial charge in [0.15, 0.2) is 0 Å². The quantitative estimate of drug-likeness (QED) is 0.829. The summed E-state index contributed by atoms with van der Waals surface area (Å²) in [7, 11) is 1.85. The Bertz CT molecular complexity index is 634. The largest absolute Gasteiger partial charge is 0.767 e. The molecule has 0 fully saturated rings. The van der Waals surface area contributed by atoms with E-state index in [0.717, 1.165) is 17.6 Å². The number of H-pyrrole nitrogens is 1. The maximum atomic E-state index is 11.3. The summed E-state index contributed by atoms with van der Waals surface area (Å²) in [5, 5.41) is 0.229. The number of anilines is 1. The van der Waals surface area contributed by atoms with Gasteiger partial charge in [-0.3, -0.25) is 4.21 Å². The minimum atomic E-state index is -2.29. The zero-order valence-corrected chi connectivity index (χ0v) is 11.2. The fraction of sp³-hybridized carbons (Fsp3) is 0.250. The molecule has 1 aliphatic rings. The van der Waals surface area contributed by atoms with Gasteiger partial charge in [-0.25, -0.2) is 4.98 Å². The van der Waals surface area contributed by atoms with E-state index in [0.29, 0.717) is 12.5 Å². The molecular formula is C12H13N4O2S-. The Morgan fingerprint density at radius 1 is 1.37 bits per heavy atom. The van der Waals surface area contributed by atoms with E-state index in [-0.39, 0.29) is 5.03 Å². The van der Waals surface area contributed by atoms with Crippen molar-refractivity contribution in [1.82, 2.24) is 14.9 Å². The topological polar surface area (TPSA) is 75.3 Å². The molecule has 1 unspecified atom stereocenters. The Hall–Kier alpha value is -1.86. The first-order chi connectivity index (χ1) is 9.15. The van der Waals surface area contributed by atoms with Gasteiger partial charge in [0.25, 0.3) is 0 Å². The van der Waals surface area contributed by atoms with E-state index in [1.54, 1.807) is 11.1 Å². The van der Waals surface area contributed by atoms with Crippen LogP contribution in [0.1, 0.15) is 0 Å². The monoisotopic (exact) mass is 277 g/mol. The minimum Gasteiger partial charge on any atom is -0.767 e. The molecule has 0 aliphatic carbocycles. The van der Waals surface area contributed by atoms with Crippen molar-refractivity contribution in [3.63, 3.8) is 0 Å². The predicted molar refractivity (Wildman–Crippen MR) is 73.1 cm³/mol. The van der Waals surface area contributed by atoms with Gasteiger partial charge in [0.1, 0.15) is 5.03 Å². The van der Waals surface area contributed by atoms with E-state index < -0.39 is 11.1 Å². The van der Waals surface area contributed by atoms with Crippen LogP contribution < -0.4 is 4.90 Å². The maximum absolute atomic E-state index is 11.3. The molecule has 0 amide bonds. The molecule has 0 bridgehead atoms. The summed E-state index contributed by atoms with van der Waals surface area (Å²) in [5.74, 6) is 0.560. The Morgan fingerprint density at radius 2 is 2.16 bits per heavy atom. The first-order valence-corrected chi connectivity index (χ1v) is 6.96. The number of benzene rings is 1. The van der Waals surface area contributed by atoms with Crippen LogP contribution in [0.4, 0.5) is 5.95 Å². The predicted octanol–water partition coefficient (Wildman–Crippen LogP) is 0.993. The van der Waals surface area contributed by atoms with Gasteiger partial charge in [-0.15, -0.1) is 0 Å². The van der Waals surface area contributed by atoms with E-state index in [4.69, 9.17) is 0 Å². The van der Waals surface area contributed by atoms with Crippen LogP contribution in [-0.2, 0) is 11.1 Å². The first kappa shape index (κ1) is 12.2. The Morgan fingerprint density at radius 3 is 2.89 bits per heavy atom. The van der Waals surface area contributed by atoms with E-state index in [1.807, 2.05) is 36.2 Å². The third-order valence-corrected chi connectivity index (χ3v) is 3.74. The van der Waals surface area contributed by atoms with Gasteiger partial charge in [-0.1, -0.05) is 12.1 Å². The smallest absolute Gasteiger partial charge is 0.208 e. The van der Waals surface area contributed by atoms with Crippen LogP contribution in [-0.4, -0.2) is 43.8 Å². The van der Waals surface area contributed by atoms with Crippen molar-refractivity contribution in [2.75, 3.05) is 25.0 Å². The van der Waals surface area contributed by atoms with E-state index >= 15 is 0 Å². The molecule has 7 heteroatoms. The summed E-state index contributed by atoms with van der Waals surface area (Å²) >= 11 is -2.29. The number of aromatic nitrogens is 2. The van der Waals surface area contributed by atoms with Crippen molar-refractivity contribution in [3.8, 4) is 0 Å². The van der Waals surface area contributed by atoms with E-state index in [2.05, 4.69) is 9.97 Å². The van der Waals surface area contributed by atoms with Gasteiger partial charge in [0.05, 0.1) is 11.0 Å². The normalized spacial score (nSPS) is 17.7.